The van der Waals surface area contributed by atoms with E-state index in [2.05, 4.69) is 9.71 Å². The number of guanidine groups is 1. The van der Waals surface area contributed by atoms with Gasteiger partial charge in [-0.05, 0) is 56.6 Å². The van der Waals surface area contributed by atoms with Gasteiger partial charge in [0, 0.05) is 5.69 Å². The van der Waals surface area contributed by atoms with Gasteiger partial charge in [-0.25, -0.2) is 0 Å². The molecule has 2 rings (SSSR count). The molecule has 0 saturated carbocycles. The van der Waals surface area contributed by atoms with Crippen molar-refractivity contribution in [2.75, 3.05) is 31.6 Å². The Bertz CT molecular complexity index is 842. The molecule has 5 N–H and O–H groups in total. The summed E-state index contributed by atoms with van der Waals surface area (Å²) in [6.07, 6.45) is 2.12. The highest BCUT2D eigenvalue weighted by Gasteiger charge is 2.26. The predicted octanol–water partition coefficient (Wildman–Crippen LogP) is 0.252. The number of carbonyl (C=O) groups is 2. The van der Waals surface area contributed by atoms with E-state index >= 15 is 0 Å². The van der Waals surface area contributed by atoms with Crippen molar-refractivity contribution >= 4 is 33.5 Å². The number of nitrogens with two attached hydrogens (primary N) is 2. The molecule has 11 heteroatoms. The fourth-order valence-electron chi connectivity index (χ4n) is 2.95. The van der Waals surface area contributed by atoms with Crippen molar-refractivity contribution in [3.8, 4) is 0 Å². The molecule has 1 aliphatic rings. The van der Waals surface area contributed by atoms with Crippen LogP contribution in [0, 0.1) is 5.92 Å². The van der Waals surface area contributed by atoms with Crippen LogP contribution in [0.5, 0.6) is 0 Å². The first-order chi connectivity index (χ1) is 13.7. The topological polar surface area (TPSA) is 157 Å². The number of sulfonamides is 1. The van der Waals surface area contributed by atoms with Crippen LogP contribution in [0.2, 0.25) is 0 Å². The van der Waals surface area contributed by atoms with Gasteiger partial charge in [-0.1, -0.05) is 6.92 Å². The Hall–Kier alpha value is -2.66. The molecule has 10 nitrogen and oxygen atoms in total. The second kappa shape index (κ2) is 10.2. The summed E-state index contributed by atoms with van der Waals surface area (Å²) in [7, 11) is -3.97. The molecule has 29 heavy (non-hydrogen) atoms. The number of piperidine rings is 1. The monoisotopic (exact) mass is 425 g/mol. The summed E-state index contributed by atoms with van der Waals surface area (Å²) in [4.78, 5) is 26.0. The molecule has 0 aliphatic carbocycles. The van der Waals surface area contributed by atoms with Crippen LogP contribution >= 0.6 is 0 Å². The SMILES string of the molecule is CCCOC(=O)C1CCN(CC(=O)Nc2ccc(S(=O)(=O)N=C(N)N)cc2)CC1. The molecule has 0 spiro atoms. The maximum atomic E-state index is 12.2. The third kappa shape index (κ3) is 7.02. The number of carbonyl (C=O) groups excluding carboxylic acids is 2. The predicted molar refractivity (Wildman–Crippen MR) is 108 cm³/mol. The molecule has 160 valence electrons. The summed E-state index contributed by atoms with van der Waals surface area (Å²) < 4.78 is 32.2. The third-order valence-electron chi connectivity index (χ3n) is 4.40. The van der Waals surface area contributed by atoms with Crippen molar-refractivity contribution in [2.45, 2.75) is 31.1 Å². The summed E-state index contributed by atoms with van der Waals surface area (Å²) in [5, 5.41) is 2.72. The zero-order chi connectivity index (χ0) is 21.4. The first kappa shape index (κ1) is 22.6. The summed E-state index contributed by atoms with van der Waals surface area (Å²) >= 11 is 0. The fourth-order valence-corrected chi connectivity index (χ4v) is 3.82. The molecule has 1 saturated heterocycles. The highest BCUT2D eigenvalue weighted by Crippen LogP contribution is 2.19. The Balaban J connectivity index is 1.83. The minimum atomic E-state index is -3.97. The lowest BCUT2D eigenvalue weighted by Crippen LogP contribution is -2.41. The second-order valence-electron chi connectivity index (χ2n) is 6.78. The number of esters is 1. The average molecular weight is 426 g/mol. The van der Waals surface area contributed by atoms with E-state index in [9.17, 15) is 18.0 Å². The van der Waals surface area contributed by atoms with Crippen LogP contribution < -0.4 is 16.8 Å². The zero-order valence-corrected chi connectivity index (χ0v) is 17.2. The van der Waals surface area contributed by atoms with Gasteiger partial charge in [0.25, 0.3) is 10.0 Å². The molecule has 0 aromatic heterocycles. The third-order valence-corrected chi connectivity index (χ3v) is 5.72. The van der Waals surface area contributed by atoms with Crippen molar-refractivity contribution in [3.05, 3.63) is 24.3 Å². The van der Waals surface area contributed by atoms with Crippen LogP contribution in [0.3, 0.4) is 0 Å². The Labute approximate surface area is 170 Å². The number of nitrogens with one attached hydrogen (secondary N) is 1. The van der Waals surface area contributed by atoms with Gasteiger partial charge in [-0.2, -0.15) is 8.42 Å². The molecule has 0 unspecified atom stereocenters. The summed E-state index contributed by atoms with van der Waals surface area (Å²) in [6, 6.07) is 5.54. The Morgan fingerprint density at radius 1 is 1.21 bits per heavy atom. The van der Waals surface area contributed by atoms with Crippen molar-refractivity contribution in [1.82, 2.24) is 4.90 Å². The van der Waals surface area contributed by atoms with Crippen LogP contribution in [0.4, 0.5) is 5.69 Å². The average Bonchev–Trinajstić information content (AvgIpc) is 2.66. The number of hydrogen-bond acceptors (Lipinski definition) is 6. The molecular weight excluding hydrogens is 398 g/mol. The first-order valence-electron chi connectivity index (χ1n) is 9.36. The van der Waals surface area contributed by atoms with Gasteiger partial charge >= 0.3 is 5.97 Å². The summed E-state index contributed by atoms with van der Waals surface area (Å²) in [5.41, 5.74) is 10.7. The second-order valence-corrected chi connectivity index (χ2v) is 8.39. The number of ether oxygens (including phenoxy) is 1. The maximum absolute atomic E-state index is 12.2. The van der Waals surface area contributed by atoms with Gasteiger partial charge in [-0.15, -0.1) is 4.40 Å². The maximum Gasteiger partial charge on any atom is 0.309 e. The smallest absolute Gasteiger partial charge is 0.309 e. The number of nitrogens with zero attached hydrogens (tertiary/aromatic N) is 2. The Morgan fingerprint density at radius 3 is 2.38 bits per heavy atom. The molecule has 1 aromatic rings. The number of benzene rings is 1. The van der Waals surface area contributed by atoms with Gasteiger partial charge in [0.1, 0.15) is 0 Å². The molecule has 1 heterocycles. The molecule has 1 amide bonds. The minimum Gasteiger partial charge on any atom is -0.465 e. The van der Waals surface area contributed by atoms with Gasteiger partial charge in [-0.3, -0.25) is 14.5 Å². The van der Waals surface area contributed by atoms with Crippen molar-refractivity contribution in [1.29, 1.82) is 0 Å². The van der Waals surface area contributed by atoms with E-state index in [4.69, 9.17) is 16.2 Å². The van der Waals surface area contributed by atoms with Gasteiger partial charge in [0.05, 0.1) is 24.0 Å². The van der Waals surface area contributed by atoms with Crippen LogP contribution in [-0.4, -0.2) is 57.4 Å². The lowest BCUT2D eigenvalue weighted by atomic mass is 9.97. The van der Waals surface area contributed by atoms with Gasteiger partial charge < -0.3 is 21.5 Å². The summed E-state index contributed by atoms with van der Waals surface area (Å²) in [5.74, 6) is -1.05. The number of hydrogen-bond donors (Lipinski definition) is 3. The lowest BCUT2D eigenvalue weighted by molar-refractivity contribution is -0.150. The van der Waals surface area contributed by atoms with Gasteiger partial charge in [0.2, 0.25) is 11.9 Å². The largest absolute Gasteiger partial charge is 0.465 e. The van der Waals surface area contributed by atoms with E-state index in [1.807, 2.05) is 11.8 Å². The van der Waals surface area contributed by atoms with Crippen molar-refractivity contribution in [3.63, 3.8) is 0 Å². The molecule has 0 bridgehead atoms. The van der Waals surface area contributed by atoms with Crippen LogP contribution in [0.15, 0.2) is 33.6 Å². The molecule has 1 aromatic carbocycles. The highest BCUT2D eigenvalue weighted by molar-refractivity contribution is 7.90. The molecular formula is C18H27N5O5S. The zero-order valence-electron chi connectivity index (χ0n) is 16.3. The highest BCUT2D eigenvalue weighted by atomic mass is 32.2. The van der Waals surface area contributed by atoms with E-state index in [-0.39, 0.29) is 29.2 Å². The van der Waals surface area contributed by atoms with Crippen LogP contribution in [-0.2, 0) is 24.3 Å². The molecule has 1 fully saturated rings. The standard InChI is InChI=1S/C18H27N5O5S/c1-2-11-28-17(25)13-7-9-23(10-8-13)12-16(24)21-14-3-5-15(6-4-14)29(26,27)22-18(19)20/h3-6,13H,2,7-12H2,1H3,(H,21,24)(H4,19,20,22). The molecule has 0 radical (unpaired) electrons. The number of rotatable bonds is 8. The quantitative estimate of drug-likeness (QED) is 0.304. The fraction of sp³-hybridized carbons (Fsp3) is 0.500. The molecule has 1 aliphatic heterocycles. The normalized spacial score (nSPS) is 15.5. The Morgan fingerprint density at radius 2 is 1.83 bits per heavy atom. The number of anilines is 1. The molecule has 0 atom stereocenters. The van der Waals surface area contributed by atoms with E-state index < -0.39 is 16.0 Å². The van der Waals surface area contributed by atoms with E-state index in [0.29, 0.717) is 38.2 Å². The minimum absolute atomic E-state index is 0.0825. The van der Waals surface area contributed by atoms with Crippen LogP contribution in [0.25, 0.3) is 0 Å². The van der Waals surface area contributed by atoms with E-state index in [1.54, 1.807) is 0 Å². The summed E-state index contributed by atoms with van der Waals surface area (Å²) in [6.45, 7) is 3.84. The van der Waals surface area contributed by atoms with Gasteiger partial charge in [0.15, 0.2) is 0 Å². The van der Waals surface area contributed by atoms with Crippen molar-refractivity contribution < 1.29 is 22.7 Å². The lowest BCUT2D eigenvalue weighted by Gasteiger charge is -2.30. The number of likely N-dealkylation sites (tertiary alicyclic amines) is 1. The van der Waals surface area contributed by atoms with Crippen LogP contribution in [0.1, 0.15) is 26.2 Å². The van der Waals surface area contributed by atoms with E-state index in [1.165, 1.54) is 24.3 Å². The number of amides is 1. The Kier molecular flexibility index (Phi) is 7.97. The first-order valence-corrected chi connectivity index (χ1v) is 10.8. The van der Waals surface area contributed by atoms with Crippen molar-refractivity contribution in [2.24, 2.45) is 21.8 Å². The van der Waals surface area contributed by atoms with E-state index in [0.717, 1.165) is 6.42 Å².